The molecule has 0 aromatic heterocycles. The van der Waals surface area contributed by atoms with Crippen molar-refractivity contribution in [2.45, 2.75) is 26.4 Å². The standard InChI is InChI=1S/C11H11F3O3.C2H6/c1-3-5-8(4-2)7-17-10(16)6-9(15)11(12,13)14;1-2/h3-5H,1-2,6-7H2;1-2H3/b8-5+;. The van der Waals surface area contributed by atoms with E-state index in [2.05, 4.69) is 17.9 Å². The fourth-order valence-electron chi connectivity index (χ4n) is 0.773. The zero-order valence-corrected chi connectivity index (χ0v) is 10.9. The van der Waals surface area contributed by atoms with Crippen molar-refractivity contribution in [1.82, 2.24) is 0 Å². The molecule has 0 saturated carbocycles. The second-order valence-corrected chi connectivity index (χ2v) is 2.94. The van der Waals surface area contributed by atoms with Crippen molar-refractivity contribution >= 4 is 11.8 Å². The monoisotopic (exact) mass is 278 g/mol. The van der Waals surface area contributed by atoms with Crippen LogP contribution in [-0.2, 0) is 14.3 Å². The molecule has 0 radical (unpaired) electrons. The molecule has 0 unspecified atom stereocenters. The Morgan fingerprint density at radius 2 is 1.74 bits per heavy atom. The van der Waals surface area contributed by atoms with Crippen LogP contribution in [0, 0.1) is 0 Å². The van der Waals surface area contributed by atoms with Gasteiger partial charge in [-0.15, -0.1) is 0 Å². The zero-order valence-electron chi connectivity index (χ0n) is 10.9. The molecule has 19 heavy (non-hydrogen) atoms. The fourth-order valence-corrected chi connectivity index (χ4v) is 0.773. The van der Waals surface area contributed by atoms with E-state index in [0.29, 0.717) is 5.57 Å². The van der Waals surface area contributed by atoms with Gasteiger partial charge in [-0.2, -0.15) is 13.2 Å². The van der Waals surface area contributed by atoms with Crippen LogP contribution >= 0.6 is 0 Å². The Morgan fingerprint density at radius 3 is 2.11 bits per heavy atom. The third kappa shape index (κ3) is 9.82. The normalized spacial score (nSPS) is 10.9. The molecule has 6 heteroatoms. The fraction of sp³-hybridized carbons (Fsp3) is 0.385. The van der Waals surface area contributed by atoms with Gasteiger partial charge in [0.05, 0.1) is 0 Å². The number of carbonyl (C=O) groups excluding carboxylic acids is 2. The lowest BCUT2D eigenvalue weighted by atomic mass is 10.2. The molecular weight excluding hydrogens is 261 g/mol. The molecule has 0 amide bonds. The van der Waals surface area contributed by atoms with E-state index < -0.39 is 24.3 Å². The highest BCUT2D eigenvalue weighted by atomic mass is 19.4. The number of rotatable bonds is 6. The highest BCUT2D eigenvalue weighted by Gasteiger charge is 2.39. The van der Waals surface area contributed by atoms with Gasteiger partial charge in [0, 0.05) is 0 Å². The average Bonchev–Trinajstić information content (AvgIpc) is 2.35. The predicted octanol–water partition coefficient (Wildman–Crippen LogP) is 3.38. The van der Waals surface area contributed by atoms with E-state index in [0.717, 1.165) is 0 Å². The van der Waals surface area contributed by atoms with Gasteiger partial charge in [-0.1, -0.05) is 45.2 Å². The second kappa shape index (κ2) is 10.1. The summed E-state index contributed by atoms with van der Waals surface area (Å²) in [6.07, 6.45) is -2.09. The first-order valence-electron chi connectivity index (χ1n) is 5.51. The van der Waals surface area contributed by atoms with Gasteiger partial charge in [0.25, 0.3) is 0 Å². The summed E-state index contributed by atoms with van der Waals surface area (Å²) in [7, 11) is 0. The Bertz CT molecular complexity index is 355. The van der Waals surface area contributed by atoms with Crippen LogP contribution < -0.4 is 0 Å². The van der Waals surface area contributed by atoms with Gasteiger partial charge in [0.1, 0.15) is 13.0 Å². The number of esters is 1. The molecule has 0 saturated heterocycles. The first-order valence-corrected chi connectivity index (χ1v) is 5.51. The lowest BCUT2D eigenvalue weighted by Crippen LogP contribution is -2.26. The quantitative estimate of drug-likeness (QED) is 0.425. The third-order valence-electron chi connectivity index (χ3n) is 1.62. The van der Waals surface area contributed by atoms with E-state index in [1.54, 1.807) is 0 Å². The van der Waals surface area contributed by atoms with Crippen molar-refractivity contribution in [2.24, 2.45) is 0 Å². The maximum absolute atomic E-state index is 11.8. The highest BCUT2D eigenvalue weighted by Crippen LogP contribution is 2.18. The van der Waals surface area contributed by atoms with Crippen LogP contribution in [0.15, 0.2) is 37.0 Å². The summed E-state index contributed by atoms with van der Waals surface area (Å²) >= 11 is 0. The van der Waals surface area contributed by atoms with Crippen LogP contribution in [0.5, 0.6) is 0 Å². The summed E-state index contributed by atoms with van der Waals surface area (Å²) in [4.78, 5) is 21.3. The lowest BCUT2D eigenvalue weighted by molar-refractivity contribution is -0.174. The number of ketones is 1. The van der Waals surface area contributed by atoms with E-state index in [-0.39, 0.29) is 6.61 Å². The number of carbonyl (C=O) groups is 2. The Balaban J connectivity index is 0. The molecule has 0 aliphatic carbocycles. The minimum atomic E-state index is -5.02. The van der Waals surface area contributed by atoms with Gasteiger partial charge in [0.2, 0.25) is 5.78 Å². The number of Topliss-reactive ketones (excluding diaryl/α,β-unsaturated/α-hetero) is 1. The number of alkyl halides is 3. The van der Waals surface area contributed by atoms with Crippen molar-refractivity contribution in [3.8, 4) is 0 Å². The molecule has 0 atom stereocenters. The van der Waals surface area contributed by atoms with Crippen molar-refractivity contribution in [1.29, 1.82) is 0 Å². The van der Waals surface area contributed by atoms with Crippen LogP contribution in [-0.4, -0.2) is 24.5 Å². The Labute approximate surface area is 110 Å². The first-order chi connectivity index (χ1) is 8.81. The summed E-state index contributed by atoms with van der Waals surface area (Å²) in [5.41, 5.74) is 0.466. The second-order valence-electron chi connectivity index (χ2n) is 2.94. The van der Waals surface area contributed by atoms with Gasteiger partial charge >= 0.3 is 12.1 Å². The van der Waals surface area contributed by atoms with Crippen molar-refractivity contribution in [3.63, 3.8) is 0 Å². The summed E-state index contributed by atoms with van der Waals surface area (Å²) in [6.45, 7) is 10.5. The Hall–Kier alpha value is -1.85. The van der Waals surface area contributed by atoms with Crippen molar-refractivity contribution < 1.29 is 27.5 Å². The Morgan fingerprint density at radius 1 is 1.21 bits per heavy atom. The smallest absolute Gasteiger partial charge is 0.450 e. The third-order valence-corrected chi connectivity index (χ3v) is 1.62. The van der Waals surface area contributed by atoms with Crippen molar-refractivity contribution in [2.75, 3.05) is 6.61 Å². The van der Waals surface area contributed by atoms with Gasteiger partial charge in [-0.3, -0.25) is 9.59 Å². The average molecular weight is 278 g/mol. The number of hydrogen-bond donors (Lipinski definition) is 0. The van der Waals surface area contributed by atoms with E-state index in [9.17, 15) is 22.8 Å². The molecule has 0 aromatic rings. The largest absolute Gasteiger partial charge is 0.460 e. The van der Waals surface area contributed by atoms with Crippen molar-refractivity contribution in [3.05, 3.63) is 37.0 Å². The predicted molar refractivity (Wildman–Crippen MR) is 66.5 cm³/mol. The van der Waals surface area contributed by atoms with Gasteiger partial charge in [-0.25, -0.2) is 0 Å². The molecule has 0 aromatic carbocycles. The lowest BCUT2D eigenvalue weighted by Gasteiger charge is -2.06. The van der Waals surface area contributed by atoms with Gasteiger partial charge in [-0.05, 0) is 5.57 Å². The maximum atomic E-state index is 11.8. The molecule has 0 aliphatic heterocycles. The van der Waals surface area contributed by atoms with Gasteiger partial charge < -0.3 is 4.74 Å². The summed E-state index contributed by atoms with van der Waals surface area (Å²) < 4.78 is 39.9. The summed E-state index contributed by atoms with van der Waals surface area (Å²) in [6, 6.07) is 0. The maximum Gasteiger partial charge on any atom is 0.450 e. The molecule has 0 fully saturated rings. The molecular formula is C13H17F3O3. The topological polar surface area (TPSA) is 43.4 Å². The van der Waals surface area contributed by atoms with E-state index >= 15 is 0 Å². The number of halogens is 3. The molecule has 3 nitrogen and oxygen atoms in total. The van der Waals surface area contributed by atoms with E-state index in [1.165, 1.54) is 18.2 Å². The minimum absolute atomic E-state index is 0.251. The van der Waals surface area contributed by atoms with Crippen LogP contribution in [0.1, 0.15) is 20.3 Å². The number of hydrogen-bond acceptors (Lipinski definition) is 3. The highest BCUT2D eigenvalue weighted by molar-refractivity contribution is 5.98. The number of ether oxygens (including phenoxy) is 1. The van der Waals surface area contributed by atoms with Crippen LogP contribution in [0.3, 0.4) is 0 Å². The molecule has 0 N–H and O–H groups in total. The first kappa shape index (κ1) is 19.5. The zero-order chi connectivity index (χ0) is 15.5. The van der Waals surface area contributed by atoms with Crippen LogP contribution in [0.25, 0.3) is 0 Å². The molecule has 0 heterocycles. The molecule has 108 valence electrons. The van der Waals surface area contributed by atoms with Crippen LogP contribution in [0.4, 0.5) is 13.2 Å². The summed E-state index contributed by atoms with van der Waals surface area (Å²) in [5.74, 6) is -3.36. The molecule has 0 rings (SSSR count). The molecule has 0 spiro atoms. The SMILES string of the molecule is C=C/C=C(\C=C)COC(=O)CC(=O)C(F)(F)F.CC. The molecule has 0 bridgehead atoms. The van der Waals surface area contributed by atoms with E-state index in [4.69, 9.17) is 0 Å². The Kier molecular flexibility index (Phi) is 10.4. The number of allylic oxidation sites excluding steroid dienone is 2. The molecule has 0 aliphatic rings. The van der Waals surface area contributed by atoms with E-state index in [1.807, 2.05) is 13.8 Å². The summed E-state index contributed by atoms with van der Waals surface area (Å²) in [5, 5.41) is 0. The van der Waals surface area contributed by atoms with Gasteiger partial charge in [0.15, 0.2) is 0 Å². The van der Waals surface area contributed by atoms with Crippen LogP contribution in [0.2, 0.25) is 0 Å². The minimum Gasteiger partial charge on any atom is -0.460 e.